The van der Waals surface area contributed by atoms with Gasteiger partial charge in [-0.25, -0.2) is 0 Å². The molecule has 4 nitrogen and oxygen atoms in total. The Morgan fingerprint density at radius 1 is 1.26 bits per heavy atom. The molecule has 23 heavy (non-hydrogen) atoms. The van der Waals surface area contributed by atoms with Gasteiger partial charge in [0, 0.05) is 13.1 Å². The molecule has 3 rings (SSSR count). The molecule has 1 unspecified atom stereocenters. The molecule has 2 fully saturated rings. The molecule has 126 valence electrons. The number of likely N-dealkylation sites (tertiary alicyclic amines) is 1. The number of alkyl halides is 3. The topological polar surface area (TPSA) is 42.1 Å². The van der Waals surface area contributed by atoms with Gasteiger partial charge in [0.2, 0.25) is 0 Å². The van der Waals surface area contributed by atoms with E-state index in [2.05, 4.69) is 0 Å². The van der Waals surface area contributed by atoms with Crippen LogP contribution < -0.4 is 4.74 Å². The van der Waals surface area contributed by atoms with Crippen LogP contribution in [-0.2, 0) is 15.7 Å². The molecular weight excluding hydrogens is 311 g/mol. The Morgan fingerprint density at radius 3 is 2.52 bits per heavy atom. The Bertz CT molecular complexity index is 564. The zero-order valence-electron chi connectivity index (χ0n) is 12.5. The normalized spacial score (nSPS) is 22.0. The van der Waals surface area contributed by atoms with Crippen molar-refractivity contribution in [1.29, 1.82) is 0 Å². The molecule has 0 radical (unpaired) electrons. The van der Waals surface area contributed by atoms with Crippen molar-refractivity contribution in [1.82, 2.24) is 4.90 Å². The monoisotopic (exact) mass is 329 g/mol. The number of para-hydroxylation sites is 1. The fraction of sp³-hybridized carbons (Fsp3) is 0.562. The largest absolute Gasteiger partial charge is 0.493 e. The van der Waals surface area contributed by atoms with E-state index < -0.39 is 11.7 Å². The number of nitrogens with zero attached hydrogens (tertiary/aromatic N) is 1. The maximum absolute atomic E-state index is 12.9. The second-order valence-corrected chi connectivity index (χ2v) is 5.90. The van der Waals surface area contributed by atoms with Crippen molar-refractivity contribution in [2.75, 3.05) is 26.3 Å². The third kappa shape index (κ3) is 3.96. The van der Waals surface area contributed by atoms with Gasteiger partial charge >= 0.3 is 6.18 Å². The van der Waals surface area contributed by atoms with E-state index in [0.29, 0.717) is 19.7 Å². The van der Waals surface area contributed by atoms with E-state index in [1.807, 2.05) is 0 Å². The lowest BCUT2D eigenvalue weighted by atomic mass is 9.97. The average molecular weight is 329 g/mol. The van der Waals surface area contributed by atoms with E-state index in [0.717, 1.165) is 18.9 Å². The molecular formula is C16H18F3NO3. The molecule has 2 aliphatic rings. The van der Waals surface area contributed by atoms with Crippen LogP contribution in [0, 0.1) is 5.92 Å². The van der Waals surface area contributed by atoms with E-state index in [1.165, 1.54) is 18.2 Å². The molecule has 0 spiro atoms. The molecule has 2 saturated heterocycles. The minimum atomic E-state index is -4.42. The van der Waals surface area contributed by atoms with E-state index >= 15 is 0 Å². The average Bonchev–Trinajstić information content (AvgIpc) is 3.37. The lowest BCUT2D eigenvalue weighted by molar-refractivity contribution is -0.139. The fourth-order valence-electron chi connectivity index (χ4n) is 2.75. The summed E-state index contributed by atoms with van der Waals surface area (Å²) in [7, 11) is 0. The van der Waals surface area contributed by atoms with Gasteiger partial charge < -0.3 is 14.4 Å². The van der Waals surface area contributed by atoms with E-state index in [1.54, 1.807) is 4.90 Å². The maximum Gasteiger partial charge on any atom is 0.419 e. The number of carbonyl (C=O) groups is 1. The van der Waals surface area contributed by atoms with Crippen LogP contribution in [0.1, 0.15) is 18.4 Å². The summed E-state index contributed by atoms with van der Waals surface area (Å²) in [4.78, 5) is 13.6. The first-order valence-electron chi connectivity index (χ1n) is 7.64. The first-order chi connectivity index (χ1) is 10.9. The molecule has 2 aliphatic heterocycles. The number of benzene rings is 1. The number of hydrogen-bond donors (Lipinski definition) is 0. The predicted molar refractivity (Wildman–Crippen MR) is 76.0 cm³/mol. The highest BCUT2D eigenvalue weighted by atomic mass is 19.4. The SMILES string of the molecule is O=C(C1CO1)N1CCC(COc2ccccc2C(F)(F)F)CC1. The summed E-state index contributed by atoms with van der Waals surface area (Å²) in [6.07, 6.45) is -3.24. The van der Waals surface area contributed by atoms with Gasteiger partial charge in [0.15, 0.2) is 6.10 Å². The minimum absolute atomic E-state index is 0.0202. The van der Waals surface area contributed by atoms with Gasteiger partial charge in [-0.05, 0) is 30.9 Å². The van der Waals surface area contributed by atoms with Gasteiger partial charge in [0.25, 0.3) is 5.91 Å². The summed E-state index contributed by atoms with van der Waals surface area (Å²) in [5.41, 5.74) is -0.751. The van der Waals surface area contributed by atoms with E-state index in [9.17, 15) is 18.0 Å². The lowest BCUT2D eigenvalue weighted by Gasteiger charge is -2.31. The highest BCUT2D eigenvalue weighted by molar-refractivity contribution is 5.83. The van der Waals surface area contributed by atoms with Crippen LogP contribution >= 0.6 is 0 Å². The number of rotatable bonds is 4. The third-order valence-corrected chi connectivity index (χ3v) is 4.20. The van der Waals surface area contributed by atoms with Crippen molar-refractivity contribution >= 4 is 5.91 Å². The van der Waals surface area contributed by atoms with Crippen molar-refractivity contribution in [3.8, 4) is 5.75 Å². The highest BCUT2D eigenvalue weighted by Crippen LogP contribution is 2.36. The molecule has 0 aromatic heterocycles. The molecule has 0 N–H and O–H groups in total. The number of epoxide rings is 1. The lowest BCUT2D eigenvalue weighted by Crippen LogP contribution is -2.41. The number of hydrogen-bond acceptors (Lipinski definition) is 3. The smallest absolute Gasteiger partial charge is 0.419 e. The second kappa shape index (κ2) is 6.39. The zero-order chi connectivity index (χ0) is 16.4. The molecule has 2 heterocycles. The van der Waals surface area contributed by atoms with Gasteiger partial charge in [-0.2, -0.15) is 13.2 Å². The summed E-state index contributed by atoms with van der Waals surface area (Å²) in [5, 5.41) is 0. The quantitative estimate of drug-likeness (QED) is 0.798. The Kier molecular flexibility index (Phi) is 4.48. The zero-order valence-corrected chi connectivity index (χ0v) is 12.5. The molecule has 0 aliphatic carbocycles. The molecule has 1 aromatic carbocycles. The molecule has 1 amide bonds. The summed E-state index contributed by atoms with van der Waals surface area (Å²) in [6, 6.07) is 5.24. The maximum atomic E-state index is 12.9. The van der Waals surface area contributed by atoms with Crippen molar-refractivity contribution in [3.63, 3.8) is 0 Å². The van der Waals surface area contributed by atoms with Crippen LogP contribution in [0.2, 0.25) is 0 Å². The minimum Gasteiger partial charge on any atom is -0.493 e. The van der Waals surface area contributed by atoms with Gasteiger partial charge in [-0.15, -0.1) is 0 Å². The molecule has 1 aromatic rings. The van der Waals surface area contributed by atoms with Gasteiger partial charge in [-0.1, -0.05) is 12.1 Å². The summed E-state index contributed by atoms with van der Waals surface area (Å²) in [5.74, 6) is 0.0390. The fourth-order valence-corrected chi connectivity index (χ4v) is 2.75. The van der Waals surface area contributed by atoms with Crippen molar-refractivity contribution in [2.45, 2.75) is 25.1 Å². The highest BCUT2D eigenvalue weighted by Gasteiger charge is 2.37. The predicted octanol–water partition coefficient (Wildman–Crippen LogP) is 2.72. The van der Waals surface area contributed by atoms with Crippen LogP contribution in [0.5, 0.6) is 5.75 Å². The van der Waals surface area contributed by atoms with Crippen LogP contribution in [0.4, 0.5) is 13.2 Å². The van der Waals surface area contributed by atoms with E-state index in [-0.39, 0.29) is 30.3 Å². The van der Waals surface area contributed by atoms with Crippen LogP contribution in [0.3, 0.4) is 0 Å². The molecule has 0 bridgehead atoms. The Balaban J connectivity index is 1.51. The van der Waals surface area contributed by atoms with E-state index in [4.69, 9.17) is 9.47 Å². The van der Waals surface area contributed by atoms with Crippen molar-refractivity contribution in [2.24, 2.45) is 5.92 Å². The van der Waals surface area contributed by atoms with Crippen LogP contribution in [-0.4, -0.2) is 43.2 Å². The third-order valence-electron chi connectivity index (χ3n) is 4.20. The Hall–Kier alpha value is -1.76. The Morgan fingerprint density at radius 2 is 1.91 bits per heavy atom. The van der Waals surface area contributed by atoms with Gasteiger partial charge in [0.1, 0.15) is 5.75 Å². The first kappa shape index (κ1) is 16.1. The van der Waals surface area contributed by atoms with Gasteiger partial charge in [0.05, 0.1) is 18.8 Å². The molecule has 1 atom stereocenters. The summed E-state index contributed by atoms with van der Waals surface area (Å²) >= 11 is 0. The van der Waals surface area contributed by atoms with Crippen molar-refractivity contribution in [3.05, 3.63) is 29.8 Å². The second-order valence-electron chi connectivity index (χ2n) is 5.90. The number of ether oxygens (including phenoxy) is 2. The number of carbonyl (C=O) groups excluding carboxylic acids is 1. The first-order valence-corrected chi connectivity index (χ1v) is 7.64. The number of halogens is 3. The molecule has 7 heteroatoms. The Labute approximate surface area is 132 Å². The van der Waals surface area contributed by atoms with Crippen LogP contribution in [0.15, 0.2) is 24.3 Å². The summed E-state index contributed by atoms with van der Waals surface area (Å²) < 4.78 is 49.1. The number of amides is 1. The standard InChI is InChI=1S/C16H18F3NO3/c17-16(18,19)12-3-1-2-4-13(12)22-9-11-5-7-20(8-6-11)15(21)14-10-23-14/h1-4,11,14H,5-10H2. The van der Waals surface area contributed by atoms with Gasteiger partial charge in [-0.3, -0.25) is 4.79 Å². The van der Waals surface area contributed by atoms with Crippen molar-refractivity contribution < 1.29 is 27.4 Å². The molecule has 0 saturated carbocycles. The van der Waals surface area contributed by atoms with Crippen LogP contribution in [0.25, 0.3) is 0 Å². The number of piperidine rings is 1. The summed E-state index contributed by atoms with van der Waals surface area (Å²) in [6.45, 7) is 1.94.